The molecule has 114 valence electrons. The Morgan fingerprint density at radius 1 is 1.30 bits per heavy atom. The van der Waals surface area contributed by atoms with Crippen LogP contribution in [0.1, 0.15) is 52.6 Å². The molecule has 0 saturated heterocycles. The van der Waals surface area contributed by atoms with Crippen molar-refractivity contribution in [2.45, 2.75) is 58.7 Å². The molecule has 1 aromatic carbocycles. The smallest absolute Gasteiger partial charge is 0.0409 e. The molecule has 0 radical (unpaired) electrons. The molecular weight excluding hydrogens is 268 g/mol. The van der Waals surface area contributed by atoms with Gasteiger partial charge < -0.3 is 5.32 Å². The molecule has 0 spiro atoms. The molecule has 0 amide bonds. The van der Waals surface area contributed by atoms with E-state index in [0.717, 1.165) is 18.0 Å². The van der Waals surface area contributed by atoms with E-state index in [1.807, 2.05) is 12.1 Å². The zero-order chi connectivity index (χ0) is 15.3. The van der Waals surface area contributed by atoms with E-state index < -0.39 is 0 Å². The van der Waals surface area contributed by atoms with Crippen LogP contribution in [0.2, 0.25) is 5.02 Å². The Kier molecular flexibility index (Phi) is 6.50. The van der Waals surface area contributed by atoms with E-state index >= 15 is 0 Å². The first-order valence-corrected chi connectivity index (χ1v) is 7.87. The van der Waals surface area contributed by atoms with Gasteiger partial charge in [-0.05, 0) is 58.9 Å². The van der Waals surface area contributed by atoms with Gasteiger partial charge in [0.25, 0.3) is 0 Å². The number of nitrogens with zero attached hydrogens (tertiary/aromatic N) is 1. The molecule has 0 aliphatic carbocycles. The maximum atomic E-state index is 6.08. The lowest BCUT2D eigenvalue weighted by Gasteiger charge is -2.34. The minimum absolute atomic E-state index is 0.203. The molecule has 0 aliphatic heterocycles. The summed E-state index contributed by atoms with van der Waals surface area (Å²) in [7, 11) is 2.18. The van der Waals surface area contributed by atoms with E-state index in [1.54, 1.807) is 0 Å². The Morgan fingerprint density at radius 3 is 2.50 bits per heavy atom. The van der Waals surface area contributed by atoms with Crippen molar-refractivity contribution >= 4 is 11.6 Å². The highest BCUT2D eigenvalue weighted by molar-refractivity contribution is 6.30. The van der Waals surface area contributed by atoms with Crippen LogP contribution in [-0.4, -0.2) is 30.1 Å². The number of rotatable bonds is 7. The van der Waals surface area contributed by atoms with Gasteiger partial charge >= 0.3 is 0 Å². The van der Waals surface area contributed by atoms with Gasteiger partial charge in [-0.3, -0.25) is 4.90 Å². The molecule has 2 unspecified atom stereocenters. The van der Waals surface area contributed by atoms with Crippen LogP contribution in [-0.2, 0) is 0 Å². The lowest BCUT2D eigenvalue weighted by Crippen LogP contribution is -2.47. The Bertz CT molecular complexity index is 417. The van der Waals surface area contributed by atoms with Gasteiger partial charge in [0.05, 0.1) is 0 Å². The Balaban J connectivity index is 2.62. The van der Waals surface area contributed by atoms with Gasteiger partial charge in [-0.2, -0.15) is 0 Å². The lowest BCUT2D eigenvalue weighted by molar-refractivity contribution is 0.181. The summed E-state index contributed by atoms with van der Waals surface area (Å²) in [6, 6.07) is 8.96. The standard InChI is InChI=1S/C17H29ClN2/c1-7-17(4,5)19-12-13(2)20(6)14(3)15-9-8-10-16(18)11-15/h8-11,13-14,19H,7,12H2,1-6H3. The number of hydrogen-bond acceptors (Lipinski definition) is 2. The number of hydrogen-bond donors (Lipinski definition) is 1. The van der Waals surface area contributed by atoms with Crippen molar-refractivity contribution in [1.82, 2.24) is 10.2 Å². The van der Waals surface area contributed by atoms with Crippen molar-refractivity contribution in [3.05, 3.63) is 34.9 Å². The van der Waals surface area contributed by atoms with Gasteiger partial charge in [0.15, 0.2) is 0 Å². The van der Waals surface area contributed by atoms with E-state index in [0.29, 0.717) is 12.1 Å². The number of nitrogens with one attached hydrogen (secondary N) is 1. The van der Waals surface area contributed by atoms with Crippen LogP contribution in [0, 0.1) is 0 Å². The summed E-state index contributed by atoms with van der Waals surface area (Å²) in [4.78, 5) is 2.39. The topological polar surface area (TPSA) is 15.3 Å². The minimum atomic E-state index is 0.203. The second-order valence-electron chi connectivity index (χ2n) is 6.36. The maximum absolute atomic E-state index is 6.08. The second-order valence-corrected chi connectivity index (χ2v) is 6.80. The molecule has 1 rings (SSSR count). The molecule has 3 heteroatoms. The highest BCUT2D eigenvalue weighted by Crippen LogP contribution is 2.23. The minimum Gasteiger partial charge on any atom is -0.310 e. The predicted octanol–water partition coefficient (Wildman–Crippen LogP) is 4.50. The van der Waals surface area contributed by atoms with Crippen LogP contribution in [0.3, 0.4) is 0 Å². The van der Waals surface area contributed by atoms with Crippen molar-refractivity contribution < 1.29 is 0 Å². The van der Waals surface area contributed by atoms with Crippen molar-refractivity contribution in [3.8, 4) is 0 Å². The van der Waals surface area contributed by atoms with Crippen molar-refractivity contribution in [1.29, 1.82) is 0 Å². The predicted molar refractivity (Wildman–Crippen MR) is 89.5 cm³/mol. The molecule has 0 aromatic heterocycles. The molecule has 0 aliphatic rings. The van der Waals surface area contributed by atoms with Gasteiger partial charge in [-0.1, -0.05) is 30.7 Å². The van der Waals surface area contributed by atoms with Gasteiger partial charge in [-0.15, -0.1) is 0 Å². The zero-order valence-corrected chi connectivity index (χ0v) is 14.5. The summed E-state index contributed by atoms with van der Waals surface area (Å²) < 4.78 is 0. The first kappa shape index (κ1) is 17.5. The molecule has 2 atom stereocenters. The summed E-state index contributed by atoms with van der Waals surface area (Å²) in [5.41, 5.74) is 1.47. The largest absolute Gasteiger partial charge is 0.310 e. The normalized spacial score (nSPS) is 15.4. The molecule has 0 saturated carbocycles. The van der Waals surface area contributed by atoms with E-state index in [1.165, 1.54) is 5.56 Å². The zero-order valence-electron chi connectivity index (χ0n) is 13.7. The van der Waals surface area contributed by atoms with E-state index in [9.17, 15) is 0 Å². The monoisotopic (exact) mass is 296 g/mol. The molecular formula is C17H29ClN2. The summed E-state index contributed by atoms with van der Waals surface area (Å²) in [6.45, 7) is 12.2. The van der Waals surface area contributed by atoms with Gasteiger partial charge in [-0.25, -0.2) is 0 Å². The average Bonchev–Trinajstić information content (AvgIpc) is 2.43. The lowest BCUT2D eigenvalue weighted by atomic mass is 10.0. The Hall–Kier alpha value is -0.570. The fourth-order valence-electron chi connectivity index (χ4n) is 2.08. The second kappa shape index (κ2) is 7.44. The van der Waals surface area contributed by atoms with Crippen LogP contribution in [0.25, 0.3) is 0 Å². The molecule has 1 N–H and O–H groups in total. The van der Waals surface area contributed by atoms with Crippen LogP contribution in [0.15, 0.2) is 24.3 Å². The first-order chi connectivity index (χ1) is 9.26. The quantitative estimate of drug-likeness (QED) is 0.797. The number of likely N-dealkylation sites (N-methyl/N-ethyl adjacent to an activating group) is 1. The fraction of sp³-hybridized carbons (Fsp3) is 0.647. The van der Waals surface area contributed by atoms with Crippen LogP contribution >= 0.6 is 11.6 Å². The van der Waals surface area contributed by atoms with Gasteiger partial charge in [0, 0.05) is 29.2 Å². The Morgan fingerprint density at radius 2 is 1.95 bits per heavy atom. The maximum Gasteiger partial charge on any atom is 0.0409 e. The van der Waals surface area contributed by atoms with Gasteiger partial charge in [0.1, 0.15) is 0 Å². The summed E-state index contributed by atoms with van der Waals surface area (Å²) in [5.74, 6) is 0. The third-order valence-corrected chi connectivity index (χ3v) is 4.63. The van der Waals surface area contributed by atoms with Crippen LogP contribution < -0.4 is 5.32 Å². The van der Waals surface area contributed by atoms with Crippen molar-refractivity contribution in [2.75, 3.05) is 13.6 Å². The van der Waals surface area contributed by atoms with Crippen molar-refractivity contribution in [3.63, 3.8) is 0 Å². The Labute approximate surface area is 129 Å². The summed E-state index contributed by atoms with van der Waals surface area (Å²) in [5, 5.41) is 4.45. The highest BCUT2D eigenvalue weighted by atomic mass is 35.5. The van der Waals surface area contributed by atoms with Gasteiger partial charge in [0.2, 0.25) is 0 Å². The SMILES string of the molecule is CCC(C)(C)NCC(C)N(C)C(C)c1cccc(Cl)c1. The van der Waals surface area contributed by atoms with E-state index in [4.69, 9.17) is 11.6 Å². The number of halogens is 1. The van der Waals surface area contributed by atoms with E-state index in [2.05, 4.69) is 64.0 Å². The van der Waals surface area contributed by atoms with Crippen molar-refractivity contribution in [2.24, 2.45) is 0 Å². The molecule has 1 aromatic rings. The molecule has 2 nitrogen and oxygen atoms in total. The average molecular weight is 297 g/mol. The summed E-state index contributed by atoms with van der Waals surface area (Å²) >= 11 is 6.08. The molecule has 0 bridgehead atoms. The van der Waals surface area contributed by atoms with Crippen LogP contribution in [0.5, 0.6) is 0 Å². The van der Waals surface area contributed by atoms with Crippen LogP contribution in [0.4, 0.5) is 0 Å². The first-order valence-electron chi connectivity index (χ1n) is 7.49. The highest BCUT2D eigenvalue weighted by Gasteiger charge is 2.20. The molecule has 0 heterocycles. The summed E-state index contributed by atoms with van der Waals surface area (Å²) in [6.07, 6.45) is 1.13. The molecule has 20 heavy (non-hydrogen) atoms. The number of benzene rings is 1. The third-order valence-electron chi connectivity index (χ3n) is 4.40. The fourth-order valence-corrected chi connectivity index (χ4v) is 2.28. The van der Waals surface area contributed by atoms with E-state index in [-0.39, 0.29) is 5.54 Å². The molecule has 0 fully saturated rings. The third kappa shape index (κ3) is 5.08.